The van der Waals surface area contributed by atoms with Crippen LogP contribution in [0.1, 0.15) is 66.3 Å². The van der Waals surface area contributed by atoms with E-state index in [0.717, 1.165) is 80.3 Å². The molecule has 2 atom stereocenters. The van der Waals surface area contributed by atoms with Crippen LogP contribution >= 0.6 is 11.6 Å². The molecule has 1 aliphatic carbocycles. The van der Waals surface area contributed by atoms with Crippen molar-refractivity contribution >= 4 is 11.6 Å². The first-order chi connectivity index (χ1) is 21.6. The van der Waals surface area contributed by atoms with Crippen molar-refractivity contribution in [1.82, 2.24) is 9.80 Å². The third-order valence-electron chi connectivity index (χ3n) is 10.0. The summed E-state index contributed by atoms with van der Waals surface area (Å²) in [6, 6.07) is 38.3. The summed E-state index contributed by atoms with van der Waals surface area (Å²) in [4.78, 5) is 5.19. The minimum Gasteiger partial charge on any atom is -0.497 e. The summed E-state index contributed by atoms with van der Waals surface area (Å²) in [7, 11) is 1.69. The van der Waals surface area contributed by atoms with Crippen LogP contribution in [0.15, 0.2) is 109 Å². The van der Waals surface area contributed by atoms with Gasteiger partial charge in [-0.1, -0.05) is 116 Å². The molecule has 0 unspecified atom stereocenters. The number of hydrogen-bond donors (Lipinski definition) is 1. The van der Waals surface area contributed by atoms with Crippen molar-refractivity contribution in [3.63, 3.8) is 0 Å². The number of aliphatic hydroxyl groups is 1. The van der Waals surface area contributed by atoms with Crippen LogP contribution in [0, 0.1) is 5.92 Å². The summed E-state index contributed by atoms with van der Waals surface area (Å²) < 4.78 is 5.49. The highest BCUT2D eigenvalue weighted by molar-refractivity contribution is 6.30. The summed E-state index contributed by atoms with van der Waals surface area (Å²) in [6.07, 6.45) is 5.64. The lowest BCUT2D eigenvalue weighted by atomic mass is 9.65. The molecule has 4 aromatic carbocycles. The molecule has 4 nitrogen and oxygen atoms in total. The lowest BCUT2D eigenvalue weighted by Gasteiger charge is -2.47. The molecule has 2 aliphatic rings. The van der Waals surface area contributed by atoms with E-state index in [0.29, 0.717) is 0 Å². The molecule has 0 aromatic heterocycles. The number of nitrogens with zero attached hydrogens (tertiary/aromatic N) is 2. The number of ether oxygens (including phenoxy) is 1. The minimum atomic E-state index is -1.01. The molecule has 2 fully saturated rings. The lowest BCUT2D eigenvalue weighted by molar-refractivity contribution is -0.0725. The number of piperazine rings is 1. The molecule has 0 spiro atoms. The molecular weight excluding hydrogens is 564 g/mol. The molecule has 230 valence electrons. The Morgan fingerprint density at radius 1 is 0.727 bits per heavy atom. The maximum absolute atomic E-state index is 13.1. The van der Waals surface area contributed by atoms with E-state index in [9.17, 15) is 5.11 Å². The molecule has 5 heteroatoms. The summed E-state index contributed by atoms with van der Waals surface area (Å²) in [6.45, 7) is 4.61. The lowest BCUT2D eigenvalue weighted by Crippen LogP contribution is -2.52. The summed E-state index contributed by atoms with van der Waals surface area (Å²) in [5.41, 5.74) is 3.78. The van der Waals surface area contributed by atoms with E-state index in [1.54, 1.807) is 7.11 Å². The third-order valence-corrected chi connectivity index (χ3v) is 10.3. The van der Waals surface area contributed by atoms with Crippen molar-refractivity contribution in [3.05, 3.63) is 136 Å². The number of hydrogen-bond acceptors (Lipinski definition) is 4. The van der Waals surface area contributed by atoms with Crippen LogP contribution in [0.4, 0.5) is 0 Å². The average molecular weight is 609 g/mol. The van der Waals surface area contributed by atoms with E-state index in [1.807, 2.05) is 24.3 Å². The quantitative estimate of drug-likeness (QED) is 0.196. The van der Waals surface area contributed by atoms with Gasteiger partial charge in [-0.25, -0.2) is 0 Å². The fraction of sp³-hybridized carbons (Fsp3) is 0.385. The van der Waals surface area contributed by atoms with Crippen molar-refractivity contribution in [3.8, 4) is 5.75 Å². The molecule has 1 saturated heterocycles. The highest BCUT2D eigenvalue weighted by Crippen LogP contribution is 2.49. The van der Waals surface area contributed by atoms with Gasteiger partial charge >= 0.3 is 0 Å². The Morgan fingerprint density at radius 2 is 1.30 bits per heavy atom. The van der Waals surface area contributed by atoms with Gasteiger partial charge in [0.1, 0.15) is 11.4 Å². The monoisotopic (exact) mass is 608 g/mol. The SMILES string of the molecule is COc1ccc([C@](O)(C2CCCCC2)[C@@H](CN2CCN(C(c3ccccc3)c3ccccc3)CC2)c2ccc(Cl)cc2)cc1. The van der Waals surface area contributed by atoms with Crippen LogP contribution in [0.5, 0.6) is 5.75 Å². The van der Waals surface area contributed by atoms with Gasteiger partial charge in [0.05, 0.1) is 13.2 Å². The fourth-order valence-electron chi connectivity index (χ4n) is 7.66. The first kappa shape index (κ1) is 30.9. The maximum Gasteiger partial charge on any atom is 0.118 e. The van der Waals surface area contributed by atoms with Gasteiger partial charge in [0.25, 0.3) is 0 Å². The highest BCUT2D eigenvalue weighted by Gasteiger charge is 2.47. The van der Waals surface area contributed by atoms with Crippen molar-refractivity contribution in [1.29, 1.82) is 0 Å². The molecule has 0 amide bonds. The number of halogens is 1. The molecule has 1 aliphatic heterocycles. The van der Waals surface area contributed by atoms with Crippen molar-refractivity contribution in [2.24, 2.45) is 5.92 Å². The van der Waals surface area contributed by atoms with Crippen molar-refractivity contribution in [2.45, 2.75) is 49.7 Å². The van der Waals surface area contributed by atoms with Gasteiger partial charge in [-0.2, -0.15) is 0 Å². The molecule has 44 heavy (non-hydrogen) atoms. The Bertz CT molecular complexity index is 1390. The van der Waals surface area contributed by atoms with E-state index >= 15 is 0 Å². The average Bonchev–Trinajstić information content (AvgIpc) is 3.09. The summed E-state index contributed by atoms with van der Waals surface area (Å²) >= 11 is 6.38. The fourth-order valence-corrected chi connectivity index (χ4v) is 7.79. The highest BCUT2D eigenvalue weighted by atomic mass is 35.5. The molecule has 1 heterocycles. The van der Waals surface area contributed by atoms with Gasteiger partial charge in [0.15, 0.2) is 0 Å². The second kappa shape index (κ2) is 14.3. The standard InChI is InChI=1S/C39H45ClN2O2/c1-44-36-23-19-34(20-24-36)39(43,33-15-9-4-10-16-33)37(30-17-21-35(40)22-18-30)29-41-25-27-42(28-26-41)38(31-11-5-2-6-12-31)32-13-7-3-8-14-32/h2-3,5-8,11-14,17-24,33,37-38,43H,4,9-10,15-16,25-29H2,1H3/t37-,39+/m0/s1. The number of benzene rings is 4. The van der Waals surface area contributed by atoms with Crippen LogP contribution in [-0.2, 0) is 5.60 Å². The molecule has 1 saturated carbocycles. The predicted molar refractivity (Wildman–Crippen MR) is 180 cm³/mol. The Morgan fingerprint density at radius 3 is 1.84 bits per heavy atom. The smallest absolute Gasteiger partial charge is 0.118 e. The molecule has 1 N–H and O–H groups in total. The van der Waals surface area contributed by atoms with Crippen LogP contribution in [-0.4, -0.2) is 54.7 Å². The zero-order chi connectivity index (χ0) is 30.4. The number of rotatable bonds is 10. The Hall–Kier alpha value is -3.15. The molecule has 0 radical (unpaired) electrons. The van der Waals surface area contributed by atoms with Crippen molar-refractivity contribution in [2.75, 3.05) is 39.8 Å². The van der Waals surface area contributed by atoms with Gasteiger partial charge in [-0.3, -0.25) is 4.90 Å². The topological polar surface area (TPSA) is 35.9 Å². The Balaban J connectivity index is 1.29. The van der Waals surface area contributed by atoms with Gasteiger partial charge in [-0.05, 0) is 65.3 Å². The van der Waals surface area contributed by atoms with E-state index in [2.05, 4.69) is 94.7 Å². The number of methoxy groups -OCH3 is 1. The first-order valence-corrected chi connectivity index (χ1v) is 16.6. The van der Waals surface area contributed by atoms with Gasteiger partial charge in [-0.15, -0.1) is 0 Å². The maximum atomic E-state index is 13.1. The van der Waals surface area contributed by atoms with Gasteiger partial charge in [0.2, 0.25) is 0 Å². The zero-order valence-corrected chi connectivity index (χ0v) is 26.6. The third kappa shape index (κ3) is 6.74. The van der Waals surface area contributed by atoms with Gasteiger partial charge < -0.3 is 14.7 Å². The zero-order valence-electron chi connectivity index (χ0n) is 25.8. The minimum absolute atomic E-state index is 0.0955. The van der Waals surface area contributed by atoms with Crippen LogP contribution in [0.3, 0.4) is 0 Å². The van der Waals surface area contributed by atoms with Crippen LogP contribution in [0.25, 0.3) is 0 Å². The Kier molecular flexibility index (Phi) is 10.0. The first-order valence-electron chi connectivity index (χ1n) is 16.2. The predicted octanol–water partition coefficient (Wildman–Crippen LogP) is 8.31. The molecule has 0 bridgehead atoms. The summed E-state index contributed by atoms with van der Waals surface area (Å²) in [5, 5.41) is 13.8. The van der Waals surface area contributed by atoms with Crippen LogP contribution in [0.2, 0.25) is 5.02 Å². The van der Waals surface area contributed by atoms with E-state index in [1.165, 1.54) is 17.5 Å². The van der Waals surface area contributed by atoms with E-state index in [-0.39, 0.29) is 17.9 Å². The largest absolute Gasteiger partial charge is 0.497 e. The second-order valence-electron chi connectivity index (χ2n) is 12.6. The Labute approximate surface area is 268 Å². The molecule has 4 aromatic rings. The van der Waals surface area contributed by atoms with Crippen molar-refractivity contribution < 1.29 is 9.84 Å². The van der Waals surface area contributed by atoms with Crippen LogP contribution < -0.4 is 4.74 Å². The summed E-state index contributed by atoms with van der Waals surface area (Å²) in [5.74, 6) is 0.902. The molecular formula is C39H45ClN2O2. The van der Waals surface area contributed by atoms with E-state index < -0.39 is 5.60 Å². The van der Waals surface area contributed by atoms with Gasteiger partial charge in [0, 0.05) is 43.7 Å². The van der Waals surface area contributed by atoms with E-state index in [4.69, 9.17) is 16.3 Å². The normalized spacial score (nSPS) is 19.0. The second-order valence-corrected chi connectivity index (χ2v) is 13.0. The molecule has 6 rings (SSSR count).